The number of urea groups is 1. The van der Waals surface area contributed by atoms with Crippen LogP contribution in [0.3, 0.4) is 0 Å². The van der Waals surface area contributed by atoms with Gasteiger partial charge < -0.3 is 10.3 Å². The first kappa shape index (κ1) is 21.6. The average molecular weight is 452 g/mol. The first-order valence-corrected chi connectivity index (χ1v) is 11.3. The molecule has 0 spiro atoms. The largest absolute Gasteiger partial charge is 0.354 e. The highest BCUT2D eigenvalue weighted by atomic mass is 16.2. The lowest BCUT2D eigenvalue weighted by Crippen LogP contribution is -2.44. The summed E-state index contributed by atoms with van der Waals surface area (Å²) in [7, 11) is 0. The van der Waals surface area contributed by atoms with Gasteiger partial charge in [-0.2, -0.15) is 0 Å². The number of amides is 3. The quantitative estimate of drug-likeness (QED) is 0.308. The molecule has 34 heavy (non-hydrogen) atoms. The van der Waals surface area contributed by atoms with Crippen LogP contribution in [0.25, 0.3) is 22.2 Å². The van der Waals surface area contributed by atoms with Crippen LogP contribution in [0.15, 0.2) is 84.9 Å². The van der Waals surface area contributed by atoms with Crippen LogP contribution in [0.1, 0.15) is 29.3 Å². The second-order valence-corrected chi connectivity index (χ2v) is 8.85. The van der Waals surface area contributed by atoms with E-state index in [4.69, 9.17) is 0 Å². The van der Waals surface area contributed by atoms with E-state index in [0.29, 0.717) is 24.1 Å². The van der Waals surface area contributed by atoms with Crippen molar-refractivity contribution in [2.45, 2.75) is 25.3 Å². The van der Waals surface area contributed by atoms with Gasteiger partial charge in [-0.1, -0.05) is 78.9 Å². The van der Waals surface area contributed by atoms with Gasteiger partial charge in [0, 0.05) is 10.9 Å². The van der Waals surface area contributed by atoms with Crippen molar-refractivity contribution < 1.29 is 14.4 Å². The minimum atomic E-state index is -1.05. The molecule has 3 aromatic carbocycles. The number of Topliss-reactive ketones (excluding diaryl/α,β-unsaturated/α-hetero) is 1. The van der Waals surface area contributed by atoms with E-state index in [-0.39, 0.29) is 18.2 Å². The minimum Gasteiger partial charge on any atom is -0.354 e. The van der Waals surface area contributed by atoms with Crippen molar-refractivity contribution in [3.8, 4) is 11.3 Å². The zero-order chi connectivity index (χ0) is 23.7. The van der Waals surface area contributed by atoms with Crippen LogP contribution in [0.2, 0.25) is 0 Å². The molecule has 1 atom stereocenters. The van der Waals surface area contributed by atoms with Gasteiger partial charge in [0.05, 0.1) is 17.8 Å². The standard InChI is InChI=1S/C28H25N3O3/c1-28(17-16-19-10-4-2-5-11-19)26(33)31(27(34)30-28)18-23(32)24-21-14-8-9-15-22(21)29-25(24)20-12-6-3-7-13-20/h2-15,29H,16-18H2,1H3,(H,30,34). The van der Waals surface area contributed by atoms with Gasteiger partial charge in [-0.25, -0.2) is 4.79 Å². The summed E-state index contributed by atoms with van der Waals surface area (Å²) < 4.78 is 0. The summed E-state index contributed by atoms with van der Waals surface area (Å²) in [5.74, 6) is -0.657. The molecule has 0 aliphatic carbocycles. The fourth-order valence-corrected chi connectivity index (χ4v) is 4.57. The number of para-hydroxylation sites is 1. The molecule has 6 nitrogen and oxygen atoms in total. The molecule has 4 aromatic rings. The predicted molar refractivity (Wildman–Crippen MR) is 131 cm³/mol. The van der Waals surface area contributed by atoms with Gasteiger partial charge in [-0.3, -0.25) is 14.5 Å². The third-order valence-electron chi connectivity index (χ3n) is 6.45. The molecule has 0 bridgehead atoms. The second-order valence-electron chi connectivity index (χ2n) is 8.85. The van der Waals surface area contributed by atoms with E-state index in [1.165, 1.54) is 0 Å². The summed E-state index contributed by atoms with van der Waals surface area (Å²) in [5, 5.41) is 3.58. The maximum atomic E-state index is 13.6. The van der Waals surface area contributed by atoms with E-state index in [1.54, 1.807) is 6.92 Å². The molecule has 1 saturated heterocycles. The molecular weight excluding hydrogens is 426 g/mol. The summed E-state index contributed by atoms with van der Waals surface area (Å²) in [6, 6.07) is 26.4. The van der Waals surface area contributed by atoms with Gasteiger partial charge >= 0.3 is 6.03 Å². The highest BCUT2D eigenvalue weighted by Crippen LogP contribution is 2.31. The van der Waals surface area contributed by atoms with Gasteiger partial charge in [0.15, 0.2) is 5.78 Å². The lowest BCUT2D eigenvalue weighted by molar-refractivity contribution is -0.130. The molecule has 1 aliphatic heterocycles. The zero-order valence-electron chi connectivity index (χ0n) is 18.9. The van der Waals surface area contributed by atoms with Crippen LogP contribution in [0, 0.1) is 0 Å². The lowest BCUT2D eigenvalue weighted by Gasteiger charge is -2.21. The number of carbonyl (C=O) groups is 3. The van der Waals surface area contributed by atoms with Gasteiger partial charge in [0.1, 0.15) is 5.54 Å². The van der Waals surface area contributed by atoms with Crippen LogP contribution < -0.4 is 5.32 Å². The van der Waals surface area contributed by atoms with Crippen LogP contribution in [0.5, 0.6) is 0 Å². The molecule has 3 amide bonds. The van der Waals surface area contributed by atoms with E-state index in [0.717, 1.165) is 26.9 Å². The molecule has 1 unspecified atom stereocenters. The smallest absolute Gasteiger partial charge is 0.325 e. The first-order chi connectivity index (χ1) is 16.5. The fraction of sp³-hybridized carbons (Fsp3) is 0.179. The Labute approximate surface area is 197 Å². The third-order valence-corrected chi connectivity index (χ3v) is 6.45. The van der Waals surface area contributed by atoms with Crippen molar-refractivity contribution in [1.82, 2.24) is 15.2 Å². The summed E-state index contributed by atoms with van der Waals surface area (Å²) in [6.07, 6.45) is 1.10. The Morgan fingerprint density at radius 2 is 1.53 bits per heavy atom. The number of ketones is 1. The molecule has 170 valence electrons. The number of fused-ring (bicyclic) bond motifs is 1. The number of carbonyl (C=O) groups excluding carboxylic acids is 3. The number of benzene rings is 3. The molecule has 1 aromatic heterocycles. The molecule has 1 aliphatic rings. The Kier molecular flexibility index (Phi) is 5.49. The van der Waals surface area contributed by atoms with E-state index in [9.17, 15) is 14.4 Å². The summed E-state index contributed by atoms with van der Waals surface area (Å²) in [5.41, 5.74) is 2.91. The average Bonchev–Trinajstić information content (AvgIpc) is 3.35. The topological polar surface area (TPSA) is 82.3 Å². The molecular formula is C28H25N3O3. The molecule has 1 fully saturated rings. The van der Waals surface area contributed by atoms with E-state index in [2.05, 4.69) is 10.3 Å². The summed E-state index contributed by atoms with van der Waals surface area (Å²) in [4.78, 5) is 44.0. The van der Waals surface area contributed by atoms with Crippen LogP contribution >= 0.6 is 0 Å². The van der Waals surface area contributed by atoms with E-state index < -0.39 is 11.6 Å². The SMILES string of the molecule is CC1(CCc2ccccc2)NC(=O)N(CC(=O)c2c(-c3ccccc3)[nH]c3ccccc23)C1=O. The van der Waals surface area contributed by atoms with E-state index in [1.807, 2.05) is 84.9 Å². The monoisotopic (exact) mass is 451 g/mol. The lowest BCUT2D eigenvalue weighted by atomic mass is 9.93. The number of hydrogen-bond donors (Lipinski definition) is 2. The van der Waals surface area contributed by atoms with Gasteiger partial charge in [-0.15, -0.1) is 0 Å². The fourth-order valence-electron chi connectivity index (χ4n) is 4.57. The number of nitrogens with one attached hydrogen (secondary N) is 2. The maximum Gasteiger partial charge on any atom is 0.325 e. The molecule has 0 saturated carbocycles. The van der Waals surface area contributed by atoms with Crippen LogP contribution in [0.4, 0.5) is 4.79 Å². The normalized spacial score (nSPS) is 17.9. The molecule has 5 rings (SSSR count). The predicted octanol–water partition coefficient (Wildman–Crippen LogP) is 4.96. The molecule has 6 heteroatoms. The number of nitrogens with zero attached hydrogens (tertiary/aromatic N) is 1. The first-order valence-electron chi connectivity index (χ1n) is 11.3. The van der Waals surface area contributed by atoms with Gasteiger partial charge in [-0.05, 0) is 37.0 Å². The van der Waals surface area contributed by atoms with E-state index >= 15 is 0 Å². The number of H-pyrrole nitrogens is 1. The molecule has 0 radical (unpaired) electrons. The van der Waals surface area contributed by atoms with Crippen molar-refractivity contribution in [3.05, 3.63) is 96.1 Å². The number of imide groups is 1. The molecule has 2 N–H and O–H groups in total. The van der Waals surface area contributed by atoms with Crippen LogP contribution in [-0.2, 0) is 11.2 Å². The molecule has 2 heterocycles. The van der Waals surface area contributed by atoms with Gasteiger partial charge in [0.2, 0.25) is 0 Å². The maximum absolute atomic E-state index is 13.6. The van der Waals surface area contributed by atoms with Crippen LogP contribution in [-0.4, -0.2) is 39.7 Å². The third kappa shape index (κ3) is 3.88. The number of aryl methyl sites for hydroxylation is 1. The zero-order valence-corrected chi connectivity index (χ0v) is 18.9. The Hall–Kier alpha value is -4.19. The minimum absolute atomic E-state index is 0.285. The Balaban J connectivity index is 1.41. The van der Waals surface area contributed by atoms with Gasteiger partial charge in [0.25, 0.3) is 5.91 Å². The highest BCUT2D eigenvalue weighted by molar-refractivity contribution is 6.17. The van der Waals surface area contributed by atoms with Crippen molar-refractivity contribution in [1.29, 1.82) is 0 Å². The van der Waals surface area contributed by atoms with Crippen molar-refractivity contribution >= 4 is 28.6 Å². The van der Waals surface area contributed by atoms with Crippen molar-refractivity contribution in [3.63, 3.8) is 0 Å². The Bertz CT molecular complexity index is 1380. The number of aromatic amines is 1. The second kappa shape index (κ2) is 8.63. The number of hydrogen-bond acceptors (Lipinski definition) is 3. The Morgan fingerprint density at radius 1 is 0.882 bits per heavy atom. The number of aromatic nitrogens is 1. The highest BCUT2D eigenvalue weighted by Gasteiger charge is 2.48. The van der Waals surface area contributed by atoms with Crippen molar-refractivity contribution in [2.75, 3.05) is 6.54 Å². The van der Waals surface area contributed by atoms with Crippen molar-refractivity contribution in [2.24, 2.45) is 0 Å². The summed E-state index contributed by atoms with van der Waals surface area (Å²) in [6.45, 7) is 1.41. The summed E-state index contributed by atoms with van der Waals surface area (Å²) >= 11 is 0. The Morgan fingerprint density at radius 3 is 2.26 bits per heavy atom. The number of rotatable bonds is 7.